The van der Waals surface area contributed by atoms with E-state index in [0.717, 1.165) is 0 Å². The summed E-state index contributed by atoms with van der Waals surface area (Å²) in [7, 11) is -3.78. The normalized spacial score (nSPS) is 14.7. The standard InChI is InChI=1S/C19H19N3O6S2/c1-13-2-3-14(10-16(13)30(25,26)22-5-7-27-8-6-22)19(24)28-12-17(23)21-18-15(11-20)4-9-29-18/h2-4,9-10H,5-8,12H2,1H3,(H,21,23). The molecule has 2 heterocycles. The number of thiophene rings is 1. The molecule has 1 aliphatic heterocycles. The van der Waals surface area contributed by atoms with E-state index >= 15 is 0 Å². The fraction of sp³-hybridized carbons (Fsp3) is 0.316. The quantitative estimate of drug-likeness (QED) is 0.666. The Kier molecular flexibility index (Phi) is 6.84. The molecule has 0 atom stereocenters. The second-order valence-electron chi connectivity index (χ2n) is 6.40. The van der Waals surface area contributed by atoms with E-state index in [4.69, 9.17) is 14.7 Å². The molecular formula is C19H19N3O6S2. The molecule has 1 amide bonds. The minimum Gasteiger partial charge on any atom is -0.452 e. The maximum absolute atomic E-state index is 12.9. The number of nitriles is 1. The predicted molar refractivity (Wildman–Crippen MR) is 109 cm³/mol. The molecule has 158 valence electrons. The highest BCUT2D eigenvalue weighted by molar-refractivity contribution is 7.89. The number of sulfonamides is 1. The molecule has 11 heteroatoms. The van der Waals surface area contributed by atoms with Gasteiger partial charge in [-0.1, -0.05) is 6.07 Å². The summed E-state index contributed by atoms with van der Waals surface area (Å²) in [4.78, 5) is 24.4. The van der Waals surface area contributed by atoms with E-state index in [1.807, 2.05) is 6.07 Å². The Hall–Kier alpha value is -2.78. The molecule has 3 rings (SSSR count). The van der Waals surface area contributed by atoms with Crippen LogP contribution in [-0.2, 0) is 24.3 Å². The predicted octanol–water partition coefficient (Wildman–Crippen LogP) is 1.74. The Morgan fingerprint density at radius 2 is 2.03 bits per heavy atom. The van der Waals surface area contributed by atoms with Crippen LogP contribution in [0.15, 0.2) is 34.5 Å². The lowest BCUT2D eigenvalue weighted by molar-refractivity contribution is -0.119. The van der Waals surface area contributed by atoms with Crippen LogP contribution in [0.25, 0.3) is 0 Å². The van der Waals surface area contributed by atoms with Crippen LogP contribution >= 0.6 is 11.3 Å². The van der Waals surface area contributed by atoms with Gasteiger partial charge in [-0.2, -0.15) is 9.57 Å². The molecule has 0 aliphatic carbocycles. The van der Waals surface area contributed by atoms with E-state index in [9.17, 15) is 18.0 Å². The summed E-state index contributed by atoms with van der Waals surface area (Å²) in [6.45, 7) is 2.18. The van der Waals surface area contributed by atoms with E-state index in [0.29, 0.717) is 29.3 Å². The summed E-state index contributed by atoms with van der Waals surface area (Å²) in [6, 6.07) is 7.73. The maximum Gasteiger partial charge on any atom is 0.338 e. The smallest absolute Gasteiger partial charge is 0.338 e. The number of anilines is 1. The maximum atomic E-state index is 12.9. The highest BCUT2D eigenvalue weighted by Crippen LogP contribution is 2.23. The number of rotatable bonds is 6. The molecule has 0 spiro atoms. The molecule has 1 saturated heterocycles. The Morgan fingerprint density at radius 1 is 1.30 bits per heavy atom. The van der Waals surface area contributed by atoms with E-state index in [-0.39, 0.29) is 23.5 Å². The number of morpholine rings is 1. The average Bonchev–Trinajstić information content (AvgIpc) is 3.19. The summed E-state index contributed by atoms with van der Waals surface area (Å²) >= 11 is 1.18. The van der Waals surface area contributed by atoms with Gasteiger partial charge in [0.1, 0.15) is 11.1 Å². The van der Waals surface area contributed by atoms with Crippen molar-refractivity contribution in [2.45, 2.75) is 11.8 Å². The van der Waals surface area contributed by atoms with Crippen molar-refractivity contribution in [3.8, 4) is 6.07 Å². The summed E-state index contributed by atoms with van der Waals surface area (Å²) in [5, 5.41) is 13.5. The SMILES string of the molecule is Cc1ccc(C(=O)OCC(=O)Nc2sccc2C#N)cc1S(=O)(=O)N1CCOCC1. The molecule has 30 heavy (non-hydrogen) atoms. The number of hydrogen-bond donors (Lipinski definition) is 1. The molecule has 1 aliphatic rings. The lowest BCUT2D eigenvalue weighted by Gasteiger charge is -2.26. The monoisotopic (exact) mass is 449 g/mol. The van der Waals surface area contributed by atoms with Crippen LogP contribution in [-0.4, -0.2) is 57.5 Å². The number of hydrogen-bond acceptors (Lipinski definition) is 8. The van der Waals surface area contributed by atoms with Crippen LogP contribution in [0.4, 0.5) is 5.00 Å². The summed E-state index contributed by atoms with van der Waals surface area (Å²) in [5.74, 6) is -1.43. The Bertz CT molecular complexity index is 1100. The molecule has 1 aromatic carbocycles. The first-order valence-corrected chi connectivity index (χ1v) is 11.3. The fourth-order valence-electron chi connectivity index (χ4n) is 2.80. The molecule has 0 unspecified atom stereocenters. The number of nitrogens with zero attached hydrogens (tertiary/aromatic N) is 2. The highest BCUT2D eigenvalue weighted by Gasteiger charge is 2.28. The molecule has 1 N–H and O–H groups in total. The Balaban J connectivity index is 1.68. The Morgan fingerprint density at radius 3 is 2.73 bits per heavy atom. The van der Waals surface area contributed by atoms with Crippen LogP contribution in [0.5, 0.6) is 0 Å². The molecule has 1 fully saturated rings. The van der Waals surface area contributed by atoms with Gasteiger partial charge in [-0.05, 0) is 36.1 Å². The van der Waals surface area contributed by atoms with Crippen molar-refractivity contribution < 1.29 is 27.5 Å². The van der Waals surface area contributed by atoms with Crippen molar-refractivity contribution in [3.63, 3.8) is 0 Å². The number of esters is 1. The van der Waals surface area contributed by atoms with Gasteiger partial charge in [-0.15, -0.1) is 11.3 Å². The summed E-state index contributed by atoms with van der Waals surface area (Å²) in [6.07, 6.45) is 0. The first-order chi connectivity index (χ1) is 14.3. The van der Waals surface area contributed by atoms with Gasteiger partial charge in [0.05, 0.1) is 29.2 Å². The number of ether oxygens (including phenoxy) is 2. The van der Waals surface area contributed by atoms with Gasteiger partial charge in [0.2, 0.25) is 10.0 Å². The number of carbonyl (C=O) groups excluding carboxylic acids is 2. The van der Waals surface area contributed by atoms with Gasteiger partial charge in [0.15, 0.2) is 6.61 Å². The van der Waals surface area contributed by atoms with E-state index < -0.39 is 28.5 Å². The number of nitrogens with one attached hydrogen (secondary N) is 1. The van der Waals surface area contributed by atoms with Crippen LogP contribution in [0.3, 0.4) is 0 Å². The van der Waals surface area contributed by atoms with E-state index in [2.05, 4.69) is 5.32 Å². The summed E-state index contributed by atoms with van der Waals surface area (Å²) in [5.41, 5.74) is 0.836. The average molecular weight is 450 g/mol. The lowest BCUT2D eigenvalue weighted by Crippen LogP contribution is -2.40. The van der Waals surface area contributed by atoms with Crippen LogP contribution < -0.4 is 5.32 Å². The van der Waals surface area contributed by atoms with Crippen LogP contribution in [0.1, 0.15) is 21.5 Å². The van der Waals surface area contributed by atoms with Gasteiger partial charge in [0.25, 0.3) is 5.91 Å². The number of benzene rings is 1. The van der Waals surface area contributed by atoms with Gasteiger partial charge in [-0.25, -0.2) is 13.2 Å². The second-order valence-corrected chi connectivity index (χ2v) is 9.22. The molecule has 1 aromatic heterocycles. The van der Waals surface area contributed by atoms with Crippen molar-refractivity contribution in [1.29, 1.82) is 5.26 Å². The minimum atomic E-state index is -3.78. The minimum absolute atomic E-state index is 0.0144. The molecule has 0 saturated carbocycles. The first kappa shape index (κ1) is 21.9. The van der Waals surface area contributed by atoms with Gasteiger partial charge >= 0.3 is 5.97 Å². The third kappa shape index (κ3) is 4.85. The van der Waals surface area contributed by atoms with Crippen LogP contribution in [0, 0.1) is 18.3 Å². The number of carbonyl (C=O) groups is 2. The van der Waals surface area contributed by atoms with Crippen molar-refractivity contribution >= 4 is 38.2 Å². The van der Waals surface area contributed by atoms with Gasteiger partial charge in [0, 0.05) is 13.1 Å². The lowest BCUT2D eigenvalue weighted by atomic mass is 10.1. The van der Waals surface area contributed by atoms with E-state index in [1.54, 1.807) is 18.4 Å². The van der Waals surface area contributed by atoms with Gasteiger partial charge < -0.3 is 14.8 Å². The summed E-state index contributed by atoms with van der Waals surface area (Å²) < 4.78 is 37.3. The van der Waals surface area contributed by atoms with E-state index in [1.165, 1.54) is 33.8 Å². The second kappa shape index (κ2) is 9.36. The molecule has 9 nitrogen and oxygen atoms in total. The highest BCUT2D eigenvalue weighted by atomic mass is 32.2. The zero-order chi connectivity index (χ0) is 21.7. The Labute approximate surface area is 177 Å². The third-order valence-corrected chi connectivity index (χ3v) is 7.26. The van der Waals surface area contributed by atoms with Crippen molar-refractivity contribution in [3.05, 3.63) is 46.3 Å². The first-order valence-electron chi connectivity index (χ1n) is 8.96. The van der Waals surface area contributed by atoms with Crippen LogP contribution in [0.2, 0.25) is 0 Å². The molecular weight excluding hydrogens is 430 g/mol. The third-order valence-electron chi connectivity index (χ3n) is 4.38. The number of amides is 1. The zero-order valence-electron chi connectivity index (χ0n) is 16.1. The molecule has 0 radical (unpaired) electrons. The molecule has 2 aromatic rings. The zero-order valence-corrected chi connectivity index (χ0v) is 17.7. The molecule has 0 bridgehead atoms. The van der Waals surface area contributed by atoms with Crippen molar-refractivity contribution in [1.82, 2.24) is 4.31 Å². The largest absolute Gasteiger partial charge is 0.452 e. The fourth-order valence-corrected chi connectivity index (χ4v) is 5.21. The topological polar surface area (TPSA) is 126 Å². The van der Waals surface area contributed by atoms with Gasteiger partial charge in [-0.3, -0.25) is 4.79 Å². The van der Waals surface area contributed by atoms with Crippen molar-refractivity contribution in [2.75, 3.05) is 38.2 Å². The van der Waals surface area contributed by atoms with Crippen molar-refractivity contribution in [2.24, 2.45) is 0 Å². The number of aryl methyl sites for hydroxylation is 1.